The number of amides is 1. The molecule has 1 aliphatic heterocycles. The van der Waals surface area contributed by atoms with Crippen LogP contribution >= 0.6 is 0 Å². The Morgan fingerprint density at radius 3 is 2.87 bits per heavy atom. The molecular weight excluding hydrogens is 295 g/mol. The van der Waals surface area contributed by atoms with E-state index in [2.05, 4.69) is 15.0 Å². The maximum absolute atomic E-state index is 12.2. The molecule has 2 rings (SSSR count). The molecule has 8 heteroatoms. The molecule has 1 aliphatic rings. The van der Waals surface area contributed by atoms with Gasteiger partial charge < -0.3 is 0 Å². The Kier molecular flexibility index (Phi) is 5.87. The van der Waals surface area contributed by atoms with Crippen LogP contribution in [0.25, 0.3) is 6.08 Å². The molecule has 0 saturated carbocycles. The van der Waals surface area contributed by atoms with Gasteiger partial charge in [0.25, 0.3) is 0 Å². The summed E-state index contributed by atoms with van der Waals surface area (Å²) in [7, 11) is 0.557. The summed E-state index contributed by atoms with van der Waals surface area (Å²) >= 11 is 0. The molecule has 1 aromatic heterocycles. The van der Waals surface area contributed by atoms with Crippen LogP contribution in [0, 0.1) is 6.92 Å². The van der Waals surface area contributed by atoms with E-state index < -0.39 is 12.1 Å². The van der Waals surface area contributed by atoms with Crippen molar-refractivity contribution in [1.82, 2.24) is 14.9 Å². The Balaban J connectivity index is 1.95. The Morgan fingerprint density at radius 1 is 1.52 bits per heavy atom. The van der Waals surface area contributed by atoms with E-state index in [1.165, 1.54) is 0 Å². The second-order valence-corrected chi connectivity index (χ2v) is 5.52. The van der Waals surface area contributed by atoms with Crippen LogP contribution in [0.4, 0.5) is 0 Å². The fourth-order valence-electron chi connectivity index (χ4n) is 2.47. The Bertz CT molecular complexity index is 618. The van der Waals surface area contributed by atoms with Crippen molar-refractivity contribution in [1.29, 1.82) is 0 Å². The van der Waals surface area contributed by atoms with Crippen LogP contribution in [0.5, 0.6) is 0 Å². The molecule has 1 fully saturated rings. The summed E-state index contributed by atoms with van der Waals surface area (Å²) in [6.45, 7) is 3.89. The Labute approximate surface area is 135 Å². The van der Waals surface area contributed by atoms with E-state index >= 15 is 0 Å². The van der Waals surface area contributed by atoms with Gasteiger partial charge in [-0.15, -0.1) is 0 Å². The molecule has 3 atom stereocenters. The summed E-state index contributed by atoms with van der Waals surface area (Å²) in [5, 5.41) is 10.1. The van der Waals surface area contributed by atoms with Crippen LogP contribution in [0.1, 0.15) is 24.7 Å². The third-order valence-corrected chi connectivity index (χ3v) is 3.69. The number of aliphatic imine (C=N–C) groups is 1. The number of nitrogens with zero attached hydrogens (tertiary/aromatic N) is 4. The molecule has 0 aliphatic carbocycles. The molecule has 0 aromatic carbocycles. The van der Waals surface area contributed by atoms with E-state index in [0.717, 1.165) is 11.7 Å². The molecule has 1 N–H and O–H groups in total. The first kappa shape index (κ1) is 17.1. The van der Waals surface area contributed by atoms with Crippen molar-refractivity contribution < 1.29 is 14.6 Å². The molecule has 23 heavy (non-hydrogen) atoms. The van der Waals surface area contributed by atoms with E-state index in [0.29, 0.717) is 19.4 Å². The number of carbonyl (C=O) groups is 1. The third kappa shape index (κ3) is 4.62. The summed E-state index contributed by atoms with van der Waals surface area (Å²) in [5.41, 5.74) is 0.781. The topological polar surface area (TPSA) is 95.8 Å². The zero-order chi connectivity index (χ0) is 16.8. The van der Waals surface area contributed by atoms with Crippen molar-refractivity contribution in [3.05, 3.63) is 29.9 Å². The molecule has 7 nitrogen and oxygen atoms in total. The van der Waals surface area contributed by atoms with Crippen molar-refractivity contribution in [3.63, 3.8) is 0 Å². The number of hydrogen-bond acceptors (Lipinski definition) is 6. The predicted molar refractivity (Wildman–Crippen MR) is 86.3 cm³/mol. The molecule has 120 valence electrons. The van der Waals surface area contributed by atoms with Crippen molar-refractivity contribution >= 4 is 25.2 Å². The standard InChI is InChI=1S/C15H19BN4O3/c1-10-5-14(19-9-16-23)15(22)20(10)8-13(21)4-3-12-6-17-11(2)18-7-12/h3-4,6-7,9-10,13-14,21H,5,8H2,1-2H3/b4-3+,19-9?/t10-,13+,14+/m1/s1. The Morgan fingerprint density at radius 2 is 2.22 bits per heavy atom. The van der Waals surface area contributed by atoms with E-state index in [4.69, 9.17) is 0 Å². The first-order chi connectivity index (χ1) is 11.0. The number of aromatic nitrogens is 2. The molecule has 0 spiro atoms. The number of aliphatic hydroxyl groups excluding tert-OH is 1. The van der Waals surface area contributed by atoms with Crippen LogP contribution in [-0.4, -0.2) is 63.9 Å². The van der Waals surface area contributed by atoms with E-state index in [1.54, 1.807) is 36.4 Å². The predicted octanol–water partition coefficient (Wildman–Crippen LogP) is 0.227. The number of β-amino-alcohol motifs (C(OH)–C–C–N with tert-alkyl or cyclic N) is 1. The van der Waals surface area contributed by atoms with Gasteiger partial charge >= 0.3 is 122 Å². The summed E-state index contributed by atoms with van der Waals surface area (Å²) in [6, 6.07) is -0.557. The van der Waals surface area contributed by atoms with Gasteiger partial charge in [0, 0.05) is 0 Å². The second kappa shape index (κ2) is 7.87. The summed E-state index contributed by atoms with van der Waals surface area (Å²) in [5.74, 6) is 0.517. The molecule has 0 bridgehead atoms. The fraction of sp³-hybridized carbons (Fsp3) is 0.467. The maximum atomic E-state index is 12.2. The zero-order valence-electron chi connectivity index (χ0n) is 13.2. The van der Waals surface area contributed by atoms with Gasteiger partial charge in [0.15, 0.2) is 0 Å². The van der Waals surface area contributed by atoms with E-state index in [9.17, 15) is 14.6 Å². The number of aryl methyl sites for hydroxylation is 1. The minimum absolute atomic E-state index is 0.0259. The number of likely N-dealkylation sites (tertiary alicyclic amines) is 1. The average Bonchev–Trinajstić information content (AvgIpc) is 2.80. The molecule has 1 aromatic rings. The quantitative estimate of drug-likeness (QED) is 0.599. The van der Waals surface area contributed by atoms with Gasteiger partial charge in [-0.1, -0.05) is 0 Å². The first-order valence-corrected chi connectivity index (χ1v) is 7.43. The van der Waals surface area contributed by atoms with Crippen molar-refractivity contribution in [2.75, 3.05) is 6.54 Å². The number of rotatable bonds is 6. The molecule has 2 heterocycles. The van der Waals surface area contributed by atoms with Crippen molar-refractivity contribution in [2.24, 2.45) is 4.99 Å². The average molecular weight is 314 g/mol. The summed E-state index contributed by atoms with van der Waals surface area (Å²) < 4.78 is 10.3. The normalized spacial score (nSPS) is 22.9. The van der Waals surface area contributed by atoms with E-state index in [-0.39, 0.29) is 18.5 Å². The summed E-state index contributed by atoms with van der Waals surface area (Å²) in [6.07, 6.45) is 7.51. The van der Waals surface area contributed by atoms with E-state index in [1.807, 2.05) is 6.92 Å². The first-order valence-electron chi connectivity index (χ1n) is 7.43. The Hall–Kier alpha value is -2.22. The molecule has 0 radical (unpaired) electrons. The van der Waals surface area contributed by atoms with Gasteiger partial charge in [0.05, 0.1) is 0 Å². The van der Waals surface area contributed by atoms with Crippen molar-refractivity contribution in [2.45, 2.75) is 38.5 Å². The van der Waals surface area contributed by atoms with Gasteiger partial charge in [-0.2, -0.15) is 0 Å². The van der Waals surface area contributed by atoms with Gasteiger partial charge in [-0.3, -0.25) is 0 Å². The molecular formula is C15H19BN4O3. The van der Waals surface area contributed by atoms with Crippen LogP contribution < -0.4 is 0 Å². The van der Waals surface area contributed by atoms with Gasteiger partial charge in [-0.05, 0) is 6.92 Å². The van der Waals surface area contributed by atoms with Crippen LogP contribution in [0.3, 0.4) is 0 Å². The molecule has 0 unspecified atom stereocenters. The van der Waals surface area contributed by atoms with Crippen molar-refractivity contribution in [3.8, 4) is 0 Å². The number of aliphatic hydroxyl groups is 1. The third-order valence-electron chi connectivity index (χ3n) is 3.69. The molecule has 1 saturated heterocycles. The summed E-state index contributed by atoms with van der Waals surface area (Å²) in [4.78, 5) is 25.9. The zero-order valence-corrected chi connectivity index (χ0v) is 13.2. The van der Waals surface area contributed by atoms with Crippen LogP contribution in [0.15, 0.2) is 23.5 Å². The van der Waals surface area contributed by atoms with Gasteiger partial charge in [-0.25, -0.2) is 0 Å². The monoisotopic (exact) mass is 314 g/mol. The minimum atomic E-state index is -0.795. The number of hydrogen-bond donors (Lipinski definition) is 1. The second-order valence-electron chi connectivity index (χ2n) is 5.52. The molecule has 1 amide bonds. The fourth-order valence-corrected chi connectivity index (χ4v) is 2.47. The van der Waals surface area contributed by atoms with Crippen LogP contribution in [-0.2, 0) is 9.50 Å². The van der Waals surface area contributed by atoms with Crippen LogP contribution in [0.2, 0.25) is 0 Å². The van der Waals surface area contributed by atoms with Gasteiger partial charge in [0.1, 0.15) is 5.82 Å². The van der Waals surface area contributed by atoms with Gasteiger partial charge in [0.2, 0.25) is 0 Å². The number of carbonyl (C=O) groups excluding carboxylic acids is 1. The SMILES string of the molecule is Cc1ncc(/C=C/[C@H](O)CN2C(=O)[C@@H](N=CB=O)C[C@H]2C)cn1.